The average molecular weight is 214 g/mol. The van der Waals surface area contributed by atoms with Crippen LogP contribution < -0.4 is 0 Å². The topological polar surface area (TPSA) is 33.1 Å². The van der Waals surface area contributed by atoms with Gasteiger partial charge in [0, 0.05) is 11.6 Å². The third-order valence-electron chi connectivity index (χ3n) is 1.76. The number of pyridine rings is 1. The predicted octanol–water partition coefficient (Wildman–Crippen LogP) is 3.25. The molecule has 1 aromatic carbocycles. The molecule has 0 bridgehead atoms. The number of hydrogen-bond donors (Lipinski definition) is 1. The van der Waals surface area contributed by atoms with Gasteiger partial charge in [-0.05, 0) is 18.2 Å². The summed E-state index contributed by atoms with van der Waals surface area (Å²) in [6.45, 7) is 0. The van der Waals surface area contributed by atoms with Gasteiger partial charge in [-0.2, -0.15) is 0 Å². The fourth-order valence-corrected chi connectivity index (χ4v) is 1.45. The molecule has 0 atom stereocenters. The van der Waals surface area contributed by atoms with Crippen LogP contribution in [0.5, 0.6) is 5.75 Å². The van der Waals surface area contributed by atoms with Crippen LogP contribution in [0.1, 0.15) is 0 Å². The molecule has 2 rings (SSSR count). The van der Waals surface area contributed by atoms with Crippen molar-refractivity contribution >= 4 is 34.1 Å². The van der Waals surface area contributed by atoms with Crippen molar-refractivity contribution in [3.8, 4) is 5.75 Å². The molecule has 1 heterocycles. The van der Waals surface area contributed by atoms with E-state index in [0.717, 1.165) is 0 Å². The van der Waals surface area contributed by atoms with Gasteiger partial charge in [0.2, 0.25) is 0 Å². The molecule has 0 unspecified atom stereocenters. The largest absolute Gasteiger partial charge is 0.507 e. The van der Waals surface area contributed by atoms with Crippen LogP contribution in [0.2, 0.25) is 10.0 Å². The minimum Gasteiger partial charge on any atom is -0.507 e. The molecule has 0 aliphatic carbocycles. The molecule has 2 nitrogen and oxygen atoms in total. The SMILES string of the molecule is Oc1ccnc2cc(Cl)c(Cl)cc12. The Bertz CT molecular complexity index is 470. The van der Waals surface area contributed by atoms with E-state index >= 15 is 0 Å². The molecule has 0 radical (unpaired) electrons. The molecule has 13 heavy (non-hydrogen) atoms. The Balaban J connectivity index is 2.89. The lowest BCUT2D eigenvalue weighted by Gasteiger charge is -2.01. The molecule has 1 N–H and O–H groups in total. The second-order valence-electron chi connectivity index (χ2n) is 2.61. The van der Waals surface area contributed by atoms with Crippen molar-refractivity contribution in [3.05, 3.63) is 34.4 Å². The lowest BCUT2D eigenvalue weighted by atomic mass is 10.2. The summed E-state index contributed by atoms with van der Waals surface area (Å²) in [6, 6.07) is 4.73. The lowest BCUT2D eigenvalue weighted by molar-refractivity contribution is 0.481. The third-order valence-corrected chi connectivity index (χ3v) is 2.48. The smallest absolute Gasteiger partial charge is 0.126 e. The summed E-state index contributed by atoms with van der Waals surface area (Å²) in [5.41, 5.74) is 0.634. The maximum absolute atomic E-state index is 9.44. The zero-order chi connectivity index (χ0) is 9.42. The average Bonchev–Trinajstić information content (AvgIpc) is 2.09. The number of aromatic nitrogens is 1. The van der Waals surface area contributed by atoms with Crippen LogP contribution in [0.25, 0.3) is 10.9 Å². The first kappa shape index (κ1) is 8.60. The number of fused-ring (bicyclic) bond motifs is 1. The Kier molecular flexibility index (Phi) is 2.02. The van der Waals surface area contributed by atoms with Crippen LogP contribution in [-0.2, 0) is 0 Å². The summed E-state index contributed by atoms with van der Waals surface area (Å²) in [6.07, 6.45) is 1.52. The molecule has 66 valence electrons. The van der Waals surface area contributed by atoms with Gasteiger partial charge in [0.25, 0.3) is 0 Å². The van der Waals surface area contributed by atoms with Crippen molar-refractivity contribution in [2.24, 2.45) is 0 Å². The molecule has 0 aliphatic heterocycles. The van der Waals surface area contributed by atoms with Crippen molar-refractivity contribution in [2.45, 2.75) is 0 Å². The first-order valence-electron chi connectivity index (χ1n) is 3.61. The standard InChI is InChI=1S/C9H5Cl2NO/c10-6-3-5-8(4-7(6)11)12-2-1-9(5)13/h1-4H,(H,12,13). The highest BCUT2D eigenvalue weighted by atomic mass is 35.5. The number of halogens is 2. The quantitative estimate of drug-likeness (QED) is 0.730. The minimum atomic E-state index is 0.156. The van der Waals surface area contributed by atoms with E-state index in [1.807, 2.05) is 0 Å². The maximum atomic E-state index is 9.44. The first-order chi connectivity index (χ1) is 6.18. The van der Waals surface area contributed by atoms with E-state index in [1.54, 1.807) is 12.1 Å². The van der Waals surface area contributed by atoms with Crippen LogP contribution in [-0.4, -0.2) is 10.1 Å². The van der Waals surface area contributed by atoms with Crippen molar-refractivity contribution in [1.29, 1.82) is 0 Å². The molecular formula is C9H5Cl2NO. The second kappa shape index (κ2) is 3.05. The van der Waals surface area contributed by atoms with Crippen LogP contribution in [0.4, 0.5) is 0 Å². The summed E-state index contributed by atoms with van der Waals surface area (Å²) in [5, 5.41) is 10.9. The van der Waals surface area contributed by atoms with E-state index in [2.05, 4.69) is 4.98 Å². The second-order valence-corrected chi connectivity index (χ2v) is 3.43. The molecule has 0 spiro atoms. The summed E-state index contributed by atoms with van der Waals surface area (Å²) in [7, 11) is 0. The van der Waals surface area contributed by atoms with Crippen LogP contribution >= 0.6 is 23.2 Å². The molecule has 0 aliphatic rings. The Morgan fingerprint density at radius 2 is 1.85 bits per heavy atom. The Morgan fingerprint density at radius 1 is 1.15 bits per heavy atom. The lowest BCUT2D eigenvalue weighted by Crippen LogP contribution is -1.79. The molecule has 0 saturated carbocycles. The summed E-state index contributed by atoms with van der Waals surface area (Å²) in [4.78, 5) is 4.04. The Labute approximate surface area is 84.7 Å². The molecule has 1 aromatic heterocycles. The molecule has 2 aromatic rings. The van der Waals surface area contributed by atoms with Gasteiger partial charge in [0.1, 0.15) is 5.75 Å². The highest BCUT2D eigenvalue weighted by molar-refractivity contribution is 6.42. The van der Waals surface area contributed by atoms with Crippen molar-refractivity contribution in [1.82, 2.24) is 4.98 Å². The van der Waals surface area contributed by atoms with Gasteiger partial charge in [0.15, 0.2) is 0 Å². The molecule has 0 fully saturated rings. The minimum absolute atomic E-state index is 0.156. The van der Waals surface area contributed by atoms with Crippen molar-refractivity contribution < 1.29 is 5.11 Å². The summed E-state index contributed by atoms with van der Waals surface area (Å²) >= 11 is 11.6. The van der Waals surface area contributed by atoms with E-state index in [9.17, 15) is 5.11 Å². The zero-order valence-corrected chi connectivity index (χ0v) is 7.97. The number of hydrogen-bond acceptors (Lipinski definition) is 2. The number of aromatic hydroxyl groups is 1. The van der Waals surface area contributed by atoms with Gasteiger partial charge < -0.3 is 5.11 Å². The summed E-state index contributed by atoms with van der Waals surface area (Å²) < 4.78 is 0. The number of benzene rings is 1. The Hall–Kier alpha value is -0.990. The van der Waals surface area contributed by atoms with Gasteiger partial charge >= 0.3 is 0 Å². The maximum Gasteiger partial charge on any atom is 0.126 e. The highest BCUT2D eigenvalue weighted by Gasteiger charge is 2.04. The molecule has 4 heteroatoms. The van der Waals surface area contributed by atoms with Crippen LogP contribution in [0.15, 0.2) is 24.4 Å². The first-order valence-corrected chi connectivity index (χ1v) is 4.37. The fourth-order valence-electron chi connectivity index (χ4n) is 1.13. The van der Waals surface area contributed by atoms with Gasteiger partial charge in [-0.25, -0.2) is 0 Å². The van der Waals surface area contributed by atoms with Gasteiger partial charge in [-0.15, -0.1) is 0 Å². The number of rotatable bonds is 0. The van der Waals surface area contributed by atoms with E-state index in [0.29, 0.717) is 20.9 Å². The number of nitrogens with zero attached hydrogens (tertiary/aromatic N) is 1. The molecule has 0 saturated heterocycles. The third kappa shape index (κ3) is 1.43. The zero-order valence-electron chi connectivity index (χ0n) is 6.46. The van der Waals surface area contributed by atoms with Crippen molar-refractivity contribution in [2.75, 3.05) is 0 Å². The van der Waals surface area contributed by atoms with Crippen molar-refractivity contribution in [3.63, 3.8) is 0 Å². The molecule has 0 amide bonds. The van der Waals surface area contributed by atoms with E-state index < -0.39 is 0 Å². The van der Waals surface area contributed by atoms with E-state index in [4.69, 9.17) is 23.2 Å². The van der Waals surface area contributed by atoms with E-state index in [1.165, 1.54) is 12.3 Å². The highest BCUT2D eigenvalue weighted by Crippen LogP contribution is 2.30. The predicted molar refractivity (Wildman–Crippen MR) is 53.4 cm³/mol. The Morgan fingerprint density at radius 3 is 2.62 bits per heavy atom. The van der Waals surface area contributed by atoms with Crippen LogP contribution in [0.3, 0.4) is 0 Å². The monoisotopic (exact) mass is 213 g/mol. The summed E-state index contributed by atoms with van der Waals surface area (Å²) in [5.74, 6) is 0.156. The normalized spacial score (nSPS) is 10.6. The van der Waals surface area contributed by atoms with E-state index in [-0.39, 0.29) is 5.75 Å². The van der Waals surface area contributed by atoms with Gasteiger partial charge in [-0.1, -0.05) is 23.2 Å². The van der Waals surface area contributed by atoms with Gasteiger partial charge in [-0.3, -0.25) is 4.98 Å². The fraction of sp³-hybridized carbons (Fsp3) is 0. The van der Waals surface area contributed by atoms with Crippen LogP contribution in [0, 0.1) is 0 Å². The van der Waals surface area contributed by atoms with Gasteiger partial charge in [0.05, 0.1) is 15.6 Å². The molecular weight excluding hydrogens is 209 g/mol.